The second kappa shape index (κ2) is 4.82. The summed E-state index contributed by atoms with van der Waals surface area (Å²) in [7, 11) is 0. The first-order valence-corrected chi connectivity index (χ1v) is 5.48. The van der Waals surface area contributed by atoms with Crippen LogP contribution in [0.5, 0.6) is 0 Å². The molecule has 0 saturated carbocycles. The van der Waals surface area contributed by atoms with E-state index in [9.17, 15) is 0 Å². The first-order chi connectivity index (χ1) is 6.84. The van der Waals surface area contributed by atoms with Gasteiger partial charge in [0, 0.05) is 38.9 Å². The lowest BCUT2D eigenvalue weighted by molar-refractivity contribution is 0.244. The molecule has 0 radical (unpaired) electrons. The highest BCUT2D eigenvalue weighted by molar-refractivity contribution is 6.29. The lowest BCUT2D eigenvalue weighted by Gasteiger charge is -2.26. The van der Waals surface area contributed by atoms with E-state index in [0.29, 0.717) is 0 Å². The maximum absolute atomic E-state index is 5.80. The fraction of sp³-hybridized carbons (Fsp3) is 0.600. The lowest BCUT2D eigenvalue weighted by Crippen LogP contribution is -2.44. The van der Waals surface area contributed by atoms with E-state index < -0.39 is 0 Å². The SMILES string of the molecule is Clc1cc(CCN2CCNCC2)c[nH]1. The number of nitrogens with one attached hydrogen (secondary N) is 2. The van der Waals surface area contributed by atoms with Gasteiger partial charge in [0.05, 0.1) is 0 Å². The van der Waals surface area contributed by atoms with Gasteiger partial charge < -0.3 is 15.2 Å². The van der Waals surface area contributed by atoms with E-state index in [1.165, 1.54) is 5.56 Å². The van der Waals surface area contributed by atoms with E-state index in [1.807, 2.05) is 12.3 Å². The van der Waals surface area contributed by atoms with Crippen LogP contribution in [0.2, 0.25) is 5.15 Å². The number of rotatable bonds is 3. The fourth-order valence-electron chi connectivity index (χ4n) is 1.77. The number of H-pyrrole nitrogens is 1. The van der Waals surface area contributed by atoms with Crippen molar-refractivity contribution in [1.29, 1.82) is 0 Å². The van der Waals surface area contributed by atoms with Crippen LogP contribution in [-0.4, -0.2) is 42.6 Å². The van der Waals surface area contributed by atoms with E-state index in [0.717, 1.165) is 44.3 Å². The molecule has 0 spiro atoms. The third-order valence-corrected chi connectivity index (χ3v) is 2.85. The van der Waals surface area contributed by atoms with E-state index in [1.54, 1.807) is 0 Å². The Hall–Kier alpha value is -0.510. The van der Waals surface area contributed by atoms with Crippen molar-refractivity contribution in [3.05, 3.63) is 23.0 Å². The Balaban J connectivity index is 1.76. The van der Waals surface area contributed by atoms with Crippen molar-refractivity contribution in [1.82, 2.24) is 15.2 Å². The summed E-state index contributed by atoms with van der Waals surface area (Å²) >= 11 is 5.80. The van der Waals surface area contributed by atoms with E-state index in [-0.39, 0.29) is 0 Å². The summed E-state index contributed by atoms with van der Waals surface area (Å²) in [5.74, 6) is 0. The molecule has 0 bridgehead atoms. The molecule has 0 unspecified atom stereocenters. The topological polar surface area (TPSA) is 31.1 Å². The van der Waals surface area contributed by atoms with Crippen molar-refractivity contribution in [2.45, 2.75) is 6.42 Å². The van der Waals surface area contributed by atoms with Gasteiger partial charge in [-0.3, -0.25) is 0 Å². The molecule has 2 N–H and O–H groups in total. The summed E-state index contributed by atoms with van der Waals surface area (Å²) in [6, 6.07) is 2.00. The number of aromatic amines is 1. The van der Waals surface area contributed by atoms with Crippen LogP contribution in [0.3, 0.4) is 0 Å². The molecule has 0 aromatic carbocycles. The molecule has 14 heavy (non-hydrogen) atoms. The molecule has 1 saturated heterocycles. The first-order valence-electron chi connectivity index (χ1n) is 5.10. The average molecular weight is 214 g/mol. The molecule has 3 nitrogen and oxygen atoms in total. The second-order valence-electron chi connectivity index (χ2n) is 3.70. The van der Waals surface area contributed by atoms with Crippen LogP contribution < -0.4 is 5.32 Å². The zero-order valence-electron chi connectivity index (χ0n) is 8.22. The average Bonchev–Trinajstić information content (AvgIpc) is 2.63. The monoisotopic (exact) mass is 213 g/mol. The van der Waals surface area contributed by atoms with E-state index in [4.69, 9.17) is 11.6 Å². The van der Waals surface area contributed by atoms with E-state index in [2.05, 4.69) is 15.2 Å². The summed E-state index contributed by atoms with van der Waals surface area (Å²) in [5, 5.41) is 4.08. The van der Waals surface area contributed by atoms with Gasteiger partial charge >= 0.3 is 0 Å². The van der Waals surface area contributed by atoms with Crippen LogP contribution in [0.25, 0.3) is 0 Å². The maximum Gasteiger partial charge on any atom is 0.106 e. The second-order valence-corrected chi connectivity index (χ2v) is 4.10. The summed E-state index contributed by atoms with van der Waals surface area (Å²) < 4.78 is 0. The van der Waals surface area contributed by atoms with Gasteiger partial charge in [-0.1, -0.05) is 11.6 Å². The molecule has 2 heterocycles. The number of aromatic nitrogens is 1. The standard InChI is InChI=1S/C10H16ClN3/c11-10-7-9(8-13-10)1-4-14-5-2-12-3-6-14/h7-8,12-13H,1-6H2. The number of nitrogens with zero attached hydrogens (tertiary/aromatic N) is 1. The van der Waals surface area contributed by atoms with Crippen molar-refractivity contribution in [3.8, 4) is 0 Å². The summed E-state index contributed by atoms with van der Waals surface area (Å²) in [4.78, 5) is 5.47. The Morgan fingerprint density at radius 3 is 2.79 bits per heavy atom. The van der Waals surface area contributed by atoms with Crippen molar-refractivity contribution in [2.24, 2.45) is 0 Å². The first kappa shape index (κ1) is 10.0. The Morgan fingerprint density at radius 1 is 1.36 bits per heavy atom. The lowest BCUT2D eigenvalue weighted by atomic mass is 10.2. The molecular weight excluding hydrogens is 198 g/mol. The third-order valence-electron chi connectivity index (χ3n) is 2.63. The van der Waals surface area contributed by atoms with Crippen LogP contribution in [0.4, 0.5) is 0 Å². The van der Waals surface area contributed by atoms with Gasteiger partial charge in [-0.25, -0.2) is 0 Å². The largest absolute Gasteiger partial charge is 0.352 e. The van der Waals surface area contributed by atoms with Gasteiger partial charge in [0.2, 0.25) is 0 Å². The predicted molar refractivity (Wildman–Crippen MR) is 58.8 cm³/mol. The van der Waals surface area contributed by atoms with Crippen molar-refractivity contribution >= 4 is 11.6 Å². The van der Waals surface area contributed by atoms with E-state index >= 15 is 0 Å². The highest BCUT2D eigenvalue weighted by Crippen LogP contribution is 2.09. The van der Waals surface area contributed by atoms with Crippen molar-refractivity contribution in [3.63, 3.8) is 0 Å². The maximum atomic E-state index is 5.80. The van der Waals surface area contributed by atoms with Crippen molar-refractivity contribution < 1.29 is 0 Å². The molecule has 1 aromatic heterocycles. The molecule has 0 amide bonds. The molecule has 1 aromatic rings. The molecule has 0 aliphatic carbocycles. The summed E-state index contributed by atoms with van der Waals surface area (Å²) in [5.41, 5.74) is 1.30. The number of hydrogen-bond donors (Lipinski definition) is 2. The van der Waals surface area contributed by atoms with Crippen molar-refractivity contribution in [2.75, 3.05) is 32.7 Å². The minimum Gasteiger partial charge on any atom is -0.352 e. The number of halogens is 1. The van der Waals surface area contributed by atoms with Gasteiger partial charge in [0.25, 0.3) is 0 Å². The van der Waals surface area contributed by atoms with Gasteiger partial charge in [-0.2, -0.15) is 0 Å². The summed E-state index contributed by atoms with van der Waals surface area (Å²) in [6.45, 7) is 5.70. The van der Waals surface area contributed by atoms with Crippen LogP contribution >= 0.6 is 11.6 Å². The number of piperazine rings is 1. The molecule has 1 aliphatic heterocycles. The molecule has 2 rings (SSSR count). The van der Waals surface area contributed by atoms with Crippen LogP contribution in [0, 0.1) is 0 Å². The van der Waals surface area contributed by atoms with Gasteiger partial charge in [0.15, 0.2) is 0 Å². The molecule has 1 aliphatic rings. The highest BCUT2D eigenvalue weighted by Gasteiger charge is 2.09. The van der Waals surface area contributed by atoms with Crippen LogP contribution in [0.1, 0.15) is 5.56 Å². The minimum absolute atomic E-state index is 0.736. The van der Waals surface area contributed by atoms with Gasteiger partial charge in [0.1, 0.15) is 5.15 Å². The molecule has 4 heteroatoms. The summed E-state index contributed by atoms with van der Waals surface area (Å²) in [6.07, 6.45) is 3.08. The highest BCUT2D eigenvalue weighted by atomic mass is 35.5. The number of hydrogen-bond acceptors (Lipinski definition) is 2. The van der Waals surface area contributed by atoms with Crippen LogP contribution in [-0.2, 0) is 6.42 Å². The smallest absolute Gasteiger partial charge is 0.106 e. The zero-order valence-corrected chi connectivity index (χ0v) is 8.98. The predicted octanol–water partition coefficient (Wildman–Crippen LogP) is 1.12. The Kier molecular flexibility index (Phi) is 3.45. The fourth-order valence-corrected chi connectivity index (χ4v) is 1.97. The quantitative estimate of drug-likeness (QED) is 0.789. The third kappa shape index (κ3) is 2.74. The molecule has 0 atom stereocenters. The Bertz CT molecular complexity index is 279. The Labute approximate surface area is 89.4 Å². The molecule has 1 fully saturated rings. The van der Waals surface area contributed by atoms with Gasteiger partial charge in [-0.05, 0) is 18.1 Å². The normalized spacial score (nSPS) is 18.6. The van der Waals surface area contributed by atoms with Crippen LogP contribution in [0.15, 0.2) is 12.3 Å². The van der Waals surface area contributed by atoms with Gasteiger partial charge in [-0.15, -0.1) is 0 Å². The molecular formula is C10H16ClN3. The zero-order chi connectivity index (χ0) is 9.80. The molecule has 78 valence electrons. The Morgan fingerprint density at radius 2 is 2.14 bits per heavy atom. The minimum atomic E-state index is 0.736.